The monoisotopic (exact) mass is 383 g/mol. The Kier molecular flexibility index (Phi) is 6.40. The molecule has 6 nitrogen and oxygen atoms in total. The van der Waals surface area contributed by atoms with E-state index in [1.807, 2.05) is 36.4 Å². The number of aromatic hydroxyl groups is 1. The van der Waals surface area contributed by atoms with E-state index in [0.717, 1.165) is 26.6 Å². The first kappa shape index (κ1) is 18.9. The van der Waals surface area contributed by atoms with Crippen molar-refractivity contribution in [1.82, 2.24) is 9.97 Å². The number of rotatable bonds is 8. The number of aromatic nitrogens is 2. The summed E-state index contributed by atoms with van der Waals surface area (Å²) in [7, 11) is 1.53. The Hall–Kier alpha value is -2.90. The van der Waals surface area contributed by atoms with E-state index in [-0.39, 0.29) is 12.4 Å². The van der Waals surface area contributed by atoms with Gasteiger partial charge in [0.25, 0.3) is 0 Å². The van der Waals surface area contributed by atoms with Crippen molar-refractivity contribution in [3.63, 3.8) is 0 Å². The molecule has 0 aliphatic rings. The van der Waals surface area contributed by atoms with E-state index in [1.54, 1.807) is 18.3 Å². The number of phenols is 1. The van der Waals surface area contributed by atoms with Crippen molar-refractivity contribution in [2.45, 2.75) is 6.42 Å². The van der Waals surface area contributed by atoms with E-state index < -0.39 is 0 Å². The first-order valence-electron chi connectivity index (χ1n) is 8.52. The number of aliphatic hydroxyl groups is 1. The van der Waals surface area contributed by atoms with Crippen LogP contribution < -0.4 is 10.1 Å². The lowest BCUT2D eigenvalue weighted by molar-refractivity contribution is 0.292. The predicted molar refractivity (Wildman–Crippen MR) is 110 cm³/mol. The number of ether oxygens (including phenoxy) is 1. The van der Waals surface area contributed by atoms with E-state index in [1.165, 1.54) is 18.4 Å². The predicted octanol–water partition coefficient (Wildman–Crippen LogP) is 3.93. The molecule has 0 bridgehead atoms. The molecular formula is C20H21N3O3S. The molecule has 0 aliphatic carbocycles. The molecule has 0 saturated carbocycles. The maximum absolute atomic E-state index is 9.83. The van der Waals surface area contributed by atoms with Crippen molar-refractivity contribution in [2.24, 2.45) is 0 Å². The minimum absolute atomic E-state index is 0.0903. The second kappa shape index (κ2) is 9.16. The van der Waals surface area contributed by atoms with Gasteiger partial charge >= 0.3 is 0 Å². The average Bonchev–Trinajstić information content (AvgIpc) is 3.07. The summed E-state index contributed by atoms with van der Waals surface area (Å²) in [5.74, 6) is 1.33. The van der Waals surface area contributed by atoms with Crippen LogP contribution in [-0.2, 0) is 0 Å². The van der Waals surface area contributed by atoms with Crippen LogP contribution in [0.5, 0.6) is 11.5 Å². The molecule has 3 rings (SSSR count). The number of methoxy groups -OCH3 is 1. The van der Waals surface area contributed by atoms with Crippen LogP contribution in [0.15, 0.2) is 42.6 Å². The first-order valence-corrected chi connectivity index (χ1v) is 9.34. The standard InChI is InChI=1S/C20H21N3O3S/c1-26-17-12-18-15(11-16(17)25)23-20(27-18)6-3-2-5-14-7-8-19(22-13-14)21-9-4-10-24/h2-3,5-8,11-13,24-25H,4,9-10H2,1H3,(H,21,22)/b5-2+,6-3+. The summed E-state index contributed by atoms with van der Waals surface area (Å²) in [6.07, 6.45) is 10.2. The van der Waals surface area contributed by atoms with Crippen LogP contribution in [-0.4, -0.2) is 40.4 Å². The Morgan fingerprint density at radius 1 is 1.22 bits per heavy atom. The zero-order valence-corrected chi connectivity index (χ0v) is 15.7. The number of aliphatic hydroxyl groups excluding tert-OH is 1. The van der Waals surface area contributed by atoms with Crippen LogP contribution in [0.25, 0.3) is 22.4 Å². The lowest BCUT2D eigenvalue weighted by atomic mass is 10.2. The molecule has 7 heteroatoms. The van der Waals surface area contributed by atoms with Gasteiger partial charge < -0.3 is 20.3 Å². The van der Waals surface area contributed by atoms with Crippen molar-refractivity contribution < 1.29 is 14.9 Å². The lowest BCUT2D eigenvalue weighted by Crippen LogP contribution is -2.04. The van der Waals surface area contributed by atoms with Gasteiger partial charge in [-0.25, -0.2) is 9.97 Å². The number of hydrogen-bond acceptors (Lipinski definition) is 7. The Morgan fingerprint density at radius 3 is 2.81 bits per heavy atom. The maximum atomic E-state index is 9.83. The highest BCUT2D eigenvalue weighted by Gasteiger charge is 2.07. The van der Waals surface area contributed by atoms with E-state index in [9.17, 15) is 5.11 Å². The number of nitrogens with one attached hydrogen (secondary N) is 1. The van der Waals surface area contributed by atoms with Crippen molar-refractivity contribution in [1.29, 1.82) is 0 Å². The van der Waals surface area contributed by atoms with Gasteiger partial charge in [0.05, 0.1) is 17.3 Å². The Bertz CT molecular complexity index is 949. The highest BCUT2D eigenvalue weighted by molar-refractivity contribution is 7.19. The van der Waals surface area contributed by atoms with E-state index in [0.29, 0.717) is 18.7 Å². The molecule has 0 spiro atoms. The van der Waals surface area contributed by atoms with Gasteiger partial charge in [-0.05, 0) is 30.2 Å². The summed E-state index contributed by atoms with van der Waals surface area (Å²) in [5, 5.41) is 22.6. The third-order valence-corrected chi connectivity index (χ3v) is 4.75. The number of nitrogens with zero attached hydrogens (tertiary/aromatic N) is 2. The molecule has 0 unspecified atom stereocenters. The number of fused-ring (bicyclic) bond motifs is 1. The fourth-order valence-corrected chi connectivity index (χ4v) is 3.30. The molecular weight excluding hydrogens is 362 g/mol. The molecule has 27 heavy (non-hydrogen) atoms. The summed E-state index contributed by atoms with van der Waals surface area (Å²) in [6, 6.07) is 7.29. The van der Waals surface area contributed by atoms with Gasteiger partial charge in [0.15, 0.2) is 11.5 Å². The summed E-state index contributed by atoms with van der Waals surface area (Å²) in [4.78, 5) is 8.81. The Labute approximate surface area is 161 Å². The zero-order chi connectivity index (χ0) is 19.1. The molecule has 0 amide bonds. The van der Waals surface area contributed by atoms with Crippen LogP contribution in [0.2, 0.25) is 0 Å². The summed E-state index contributed by atoms with van der Waals surface area (Å²) in [5.41, 5.74) is 1.74. The zero-order valence-electron chi connectivity index (χ0n) is 14.9. The van der Waals surface area contributed by atoms with Gasteiger partial charge in [-0.15, -0.1) is 11.3 Å². The molecule has 140 valence electrons. The molecule has 0 saturated heterocycles. The molecule has 2 heterocycles. The first-order chi connectivity index (χ1) is 13.2. The molecule has 0 radical (unpaired) electrons. The highest BCUT2D eigenvalue weighted by atomic mass is 32.1. The lowest BCUT2D eigenvalue weighted by Gasteiger charge is -2.03. The van der Waals surface area contributed by atoms with Gasteiger partial charge in [-0.3, -0.25) is 0 Å². The molecule has 0 aliphatic heterocycles. The minimum Gasteiger partial charge on any atom is -0.504 e. The third-order valence-electron chi connectivity index (χ3n) is 3.77. The number of hydrogen-bond donors (Lipinski definition) is 3. The fraction of sp³-hybridized carbons (Fsp3) is 0.200. The molecule has 2 aromatic heterocycles. The Morgan fingerprint density at radius 2 is 2.07 bits per heavy atom. The van der Waals surface area contributed by atoms with Gasteiger partial charge in [0.1, 0.15) is 10.8 Å². The van der Waals surface area contributed by atoms with E-state index in [2.05, 4.69) is 15.3 Å². The number of allylic oxidation sites excluding steroid dienone is 2. The van der Waals surface area contributed by atoms with Gasteiger partial charge in [-0.2, -0.15) is 0 Å². The number of anilines is 1. The van der Waals surface area contributed by atoms with Crippen molar-refractivity contribution in [3.8, 4) is 11.5 Å². The molecule has 0 atom stereocenters. The number of pyridine rings is 1. The fourth-order valence-electron chi connectivity index (χ4n) is 2.41. The number of benzene rings is 1. The van der Waals surface area contributed by atoms with Crippen LogP contribution >= 0.6 is 11.3 Å². The van der Waals surface area contributed by atoms with Crippen LogP contribution in [0.3, 0.4) is 0 Å². The van der Waals surface area contributed by atoms with Crippen LogP contribution in [0.4, 0.5) is 5.82 Å². The topological polar surface area (TPSA) is 87.5 Å². The third kappa shape index (κ3) is 5.06. The van der Waals surface area contributed by atoms with Gasteiger partial charge in [-0.1, -0.05) is 18.2 Å². The second-order valence-corrected chi connectivity index (χ2v) is 6.81. The van der Waals surface area contributed by atoms with Crippen molar-refractivity contribution >= 4 is 39.5 Å². The van der Waals surface area contributed by atoms with Gasteiger partial charge in [0, 0.05) is 31.5 Å². The van der Waals surface area contributed by atoms with E-state index >= 15 is 0 Å². The molecule has 3 N–H and O–H groups in total. The van der Waals surface area contributed by atoms with Crippen molar-refractivity contribution in [3.05, 3.63) is 53.2 Å². The number of phenolic OH excluding ortho intramolecular Hbond substituents is 1. The highest BCUT2D eigenvalue weighted by Crippen LogP contribution is 2.34. The molecule has 1 aromatic carbocycles. The van der Waals surface area contributed by atoms with Gasteiger partial charge in [0.2, 0.25) is 0 Å². The number of thiazole rings is 1. The smallest absolute Gasteiger partial charge is 0.162 e. The second-order valence-electron chi connectivity index (χ2n) is 5.74. The van der Waals surface area contributed by atoms with E-state index in [4.69, 9.17) is 9.84 Å². The normalized spacial score (nSPS) is 11.6. The quantitative estimate of drug-likeness (QED) is 0.404. The molecule has 3 aromatic rings. The summed E-state index contributed by atoms with van der Waals surface area (Å²) < 4.78 is 6.08. The summed E-state index contributed by atoms with van der Waals surface area (Å²) in [6.45, 7) is 0.872. The average molecular weight is 383 g/mol. The maximum Gasteiger partial charge on any atom is 0.162 e. The van der Waals surface area contributed by atoms with Crippen LogP contribution in [0, 0.1) is 0 Å². The SMILES string of the molecule is COc1cc2sc(/C=C/C=C/c3ccc(NCCCO)nc3)nc2cc1O. The molecule has 0 fully saturated rings. The van der Waals surface area contributed by atoms with Crippen molar-refractivity contribution in [2.75, 3.05) is 25.6 Å². The largest absolute Gasteiger partial charge is 0.504 e. The Balaban J connectivity index is 1.62. The van der Waals surface area contributed by atoms with Crippen LogP contribution in [0.1, 0.15) is 17.0 Å². The minimum atomic E-state index is 0.0903. The summed E-state index contributed by atoms with van der Waals surface area (Å²) >= 11 is 1.53.